The summed E-state index contributed by atoms with van der Waals surface area (Å²) in [6, 6.07) is 7.91. The molecule has 0 aliphatic carbocycles. The standard InChI is InChI=1S/C17H23N3O2S/c1-11(20-16(21)22-17(2,3)4)12-5-7-13(8-6-12)15-14(9-18)19-10-23-15/h5-8,10-11H,9,18H2,1-4H3,(H,20,21)/t11-/m0/s1. The molecule has 124 valence electrons. The predicted molar refractivity (Wildman–Crippen MR) is 93.2 cm³/mol. The topological polar surface area (TPSA) is 77.2 Å². The summed E-state index contributed by atoms with van der Waals surface area (Å²) >= 11 is 1.58. The summed E-state index contributed by atoms with van der Waals surface area (Å²) in [6.07, 6.45) is -0.415. The first-order valence-corrected chi connectivity index (χ1v) is 8.40. The summed E-state index contributed by atoms with van der Waals surface area (Å²) in [7, 11) is 0. The van der Waals surface area contributed by atoms with Crippen LogP contribution >= 0.6 is 11.3 Å². The number of nitrogens with two attached hydrogens (primary N) is 1. The van der Waals surface area contributed by atoms with Gasteiger partial charge in [-0.2, -0.15) is 0 Å². The van der Waals surface area contributed by atoms with Crippen LogP contribution in [0, 0.1) is 0 Å². The number of nitrogens with zero attached hydrogens (tertiary/aromatic N) is 1. The third-order valence-electron chi connectivity index (χ3n) is 3.24. The lowest BCUT2D eigenvalue weighted by Gasteiger charge is -2.22. The quantitative estimate of drug-likeness (QED) is 0.891. The van der Waals surface area contributed by atoms with Crippen LogP contribution in [-0.4, -0.2) is 16.7 Å². The highest BCUT2D eigenvalue weighted by molar-refractivity contribution is 7.13. The number of ether oxygens (including phenoxy) is 1. The van der Waals surface area contributed by atoms with E-state index in [9.17, 15) is 4.79 Å². The minimum absolute atomic E-state index is 0.130. The van der Waals surface area contributed by atoms with Crippen LogP contribution in [0.3, 0.4) is 0 Å². The number of aromatic nitrogens is 1. The van der Waals surface area contributed by atoms with Crippen molar-refractivity contribution >= 4 is 17.4 Å². The lowest BCUT2D eigenvalue weighted by atomic mass is 10.0. The second-order valence-corrected chi connectivity index (χ2v) is 7.18. The Bertz CT molecular complexity index is 659. The molecule has 0 saturated carbocycles. The number of carbonyl (C=O) groups excluding carboxylic acids is 1. The second-order valence-electron chi connectivity index (χ2n) is 6.32. The third-order valence-corrected chi connectivity index (χ3v) is 4.16. The van der Waals surface area contributed by atoms with E-state index in [4.69, 9.17) is 10.5 Å². The van der Waals surface area contributed by atoms with Crippen molar-refractivity contribution in [3.05, 3.63) is 41.0 Å². The maximum absolute atomic E-state index is 11.8. The van der Waals surface area contributed by atoms with Crippen LogP contribution in [0.5, 0.6) is 0 Å². The Morgan fingerprint density at radius 2 is 2.00 bits per heavy atom. The molecule has 1 aromatic heterocycles. The van der Waals surface area contributed by atoms with Gasteiger partial charge in [0.05, 0.1) is 22.1 Å². The zero-order valence-electron chi connectivity index (χ0n) is 13.9. The minimum atomic E-state index is -0.502. The number of thiazole rings is 1. The van der Waals surface area contributed by atoms with Gasteiger partial charge in [0.2, 0.25) is 0 Å². The molecule has 1 amide bonds. The van der Waals surface area contributed by atoms with E-state index in [-0.39, 0.29) is 6.04 Å². The van der Waals surface area contributed by atoms with E-state index in [0.29, 0.717) is 6.54 Å². The number of hydrogen-bond donors (Lipinski definition) is 2. The molecular weight excluding hydrogens is 310 g/mol. The Kier molecular flexibility index (Phi) is 5.38. The van der Waals surface area contributed by atoms with Crippen LogP contribution in [0.2, 0.25) is 0 Å². The molecule has 0 aliphatic heterocycles. The maximum Gasteiger partial charge on any atom is 0.408 e. The number of rotatable bonds is 4. The van der Waals surface area contributed by atoms with E-state index in [1.165, 1.54) is 0 Å². The van der Waals surface area contributed by atoms with Crippen molar-refractivity contribution in [3.63, 3.8) is 0 Å². The first-order valence-electron chi connectivity index (χ1n) is 7.52. The molecule has 0 unspecified atom stereocenters. The van der Waals surface area contributed by atoms with Gasteiger partial charge < -0.3 is 15.8 Å². The smallest absolute Gasteiger partial charge is 0.408 e. The van der Waals surface area contributed by atoms with Crippen LogP contribution < -0.4 is 11.1 Å². The highest BCUT2D eigenvalue weighted by Crippen LogP contribution is 2.28. The minimum Gasteiger partial charge on any atom is -0.444 e. The van der Waals surface area contributed by atoms with Gasteiger partial charge in [0.1, 0.15) is 5.60 Å². The van der Waals surface area contributed by atoms with Crippen molar-refractivity contribution in [1.82, 2.24) is 10.3 Å². The van der Waals surface area contributed by atoms with Gasteiger partial charge in [0, 0.05) is 6.54 Å². The summed E-state index contributed by atoms with van der Waals surface area (Å²) < 4.78 is 5.27. The molecule has 1 aromatic carbocycles. The van der Waals surface area contributed by atoms with E-state index in [0.717, 1.165) is 21.7 Å². The van der Waals surface area contributed by atoms with Crippen molar-refractivity contribution in [1.29, 1.82) is 0 Å². The summed E-state index contributed by atoms with van der Waals surface area (Å²) in [5.41, 5.74) is 10.0. The van der Waals surface area contributed by atoms with Crippen molar-refractivity contribution in [2.75, 3.05) is 0 Å². The lowest BCUT2D eigenvalue weighted by molar-refractivity contribution is 0.0508. The van der Waals surface area contributed by atoms with E-state index in [1.807, 2.05) is 52.0 Å². The third kappa shape index (κ3) is 4.77. The molecule has 0 bridgehead atoms. The second kappa shape index (κ2) is 7.10. The van der Waals surface area contributed by atoms with Crippen LogP contribution in [0.25, 0.3) is 10.4 Å². The van der Waals surface area contributed by atoms with Gasteiger partial charge >= 0.3 is 6.09 Å². The Morgan fingerprint density at radius 1 is 1.35 bits per heavy atom. The molecule has 0 spiro atoms. The monoisotopic (exact) mass is 333 g/mol. The van der Waals surface area contributed by atoms with E-state index >= 15 is 0 Å². The Labute approximate surface area is 140 Å². The van der Waals surface area contributed by atoms with E-state index in [1.54, 1.807) is 16.8 Å². The molecule has 0 aliphatic rings. The number of alkyl carbamates (subject to hydrolysis) is 1. The average Bonchev–Trinajstić information content (AvgIpc) is 2.93. The van der Waals surface area contributed by atoms with Crippen LogP contribution in [-0.2, 0) is 11.3 Å². The molecule has 0 fully saturated rings. The highest BCUT2D eigenvalue weighted by Gasteiger charge is 2.18. The Morgan fingerprint density at radius 3 is 2.57 bits per heavy atom. The molecule has 1 heterocycles. The number of carbonyl (C=O) groups is 1. The van der Waals surface area contributed by atoms with Gasteiger partial charge in [-0.05, 0) is 38.8 Å². The molecule has 5 nitrogen and oxygen atoms in total. The molecule has 23 heavy (non-hydrogen) atoms. The predicted octanol–water partition coefficient (Wildman–Crippen LogP) is 3.85. The zero-order chi connectivity index (χ0) is 17.0. The van der Waals surface area contributed by atoms with Gasteiger partial charge in [-0.25, -0.2) is 9.78 Å². The first-order chi connectivity index (χ1) is 10.8. The SMILES string of the molecule is C[C@H](NC(=O)OC(C)(C)C)c1ccc(-c2scnc2CN)cc1. The summed E-state index contributed by atoms with van der Waals surface area (Å²) in [6.45, 7) is 7.89. The summed E-state index contributed by atoms with van der Waals surface area (Å²) in [4.78, 5) is 17.2. The van der Waals surface area contributed by atoms with E-state index < -0.39 is 11.7 Å². The number of nitrogens with one attached hydrogen (secondary N) is 1. The van der Waals surface area contributed by atoms with Crippen molar-refractivity contribution in [3.8, 4) is 10.4 Å². The average molecular weight is 333 g/mol. The molecular formula is C17H23N3O2S. The van der Waals surface area contributed by atoms with Crippen LogP contribution in [0.1, 0.15) is 45.0 Å². The number of amides is 1. The first kappa shape index (κ1) is 17.4. The van der Waals surface area contributed by atoms with E-state index in [2.05, 4.69) is 10.3 Å². The lowest BCUT2D eigenvalue weighted by Crippen LogP contribution is -2.34. The normalized spacial score (nSPS) is 12.7. The molecule has 2 aromatic rings. The van der Waals surface area contributed by atoms with Crippen LogP contribution in [0.15, 0.2) is 29.8 Å². The van der Waals surface area contributed by atoms with Crippen molar-refractivity contribution in [2.24, 2.45) is 5.73 Å². The fourth-order valence-electron chi connectivity index (χ4n) is 2.14. The largest absolute Gasteiger partial charge is 0.444 e. The van der Waals surface area contributed by atoms with Gasteiger partial charge in [-0.1, -0.05) is 24.3 Å². The Balaban J connectivity index is 2.06. The number of benzene rings is 1. The van der Waals surface area contributed by atoms with Crippen LogP contribution in [0.4, 0.5) is 4.79 Å². The fraction of sp³-hybridized carbons (Fsp3) is 0.412. The summed E-state index contributed by atoms with van der Waals surface area (Å²) in [5.74, 6) is 0. The number of hydrogen-bond acceptors (Lipinski definition) is 5. The molecule has 6 heteroatoms. The Hall–Kier alpha value is -1.92. The van der Waals surface area contributed by atoms with Gasteiger partial charge in [-0.3, -0.25) is 0 Å². The maximum atomic E-state index is 11.8. The van der Waals surface area contributed by atoms with Crippen molar-refractivity contribution < 1.29 is 9.53 Å². The zero-order valence-corrected chi connectivity index (χ0v) is 14.7. The highest BCUT2D eigenvalue weighted by atomic mass is 32.1. The fourth-order valence-corrected chi connectivity index (χ4v) is 2.97. The van der Waals surface area contributed by atoms with Crippen molar-refractivity contribution in [2.45, 2.75) is 45.9 Å². The van der Waals surface area contributed by atoms with Gasteiger partial charge in [0.25, 0.3) is 0 Å². The molecule has 0 radical (unpaired) electrons. The molecule has 0 saturated heterocycles. The molecule has 1 atom stereocenters. The van der Waals surface area contributed by atoms with Gasteiger partial charge in [-0.15, -0.1) is 11.3 Å². The summed E-state index contributed by atoms with van der Waals surface area (Å²) in [5, 5.41) is 2.84. The van der Waals surface area contributed by atoms with Gasteiger partial charge in [0.15, 0.2) is 0 Å². The molecule has 3 N–H and O–H groups in total. The molecule has 2 rings (SSSR count).